The van der Waals surface area contributed by atoms with Crippen LogP contribution in [0.1, 0.15) is 31.2 Å². The summed E-state index contributed by atoms with van der Waals surface area (Å²) in [5.74, 6) is 0.160. The molecule has 1 aromatic carbocycles. The Morgan fingerprint density at radius 2 is 1.91 bits per heavy atom. The van der Waals surface area contributed by atoms with Crippen LogP contribution in [0, 0.1) is 6.92 Å². The van der Waals surface area contributed by atoms with Gasteiger partial charge in [-0.2, -0.15) is 0 Å². The Bertz CT molecular complexity index is 618. The number of carbonyl (C=O) groups excluding carboxylic acids is 2. The van der Waals surface area contributed by atoms with Gasteiger partial charge in [0.1, 0.15) is 6.04 Å². The zero-order valence-corrected chi connectivity index (χ0v) is 13.3. The second-order valence-corrected chi connectivity index (χ2v) is 6.12. The molecule has 23 heavy (non-hydrogen) atoms. The fourth-order valence-electron chi connectivity index (χ4n) is 2.86. The van der Waals surface area contributed by atoms with E-state index in [1.807, 2.05) is 31.2 Å². The Labute approximate surface area is 136 Å². The summed E-state index contributed by atoms with van der Waals surface area (Å²) in [7, 11) is 0. The smallest absolute Gasteiger partial charge is 0.249 e. The largest absolute Gasteiger partial charge is 0.343 e. The van der Waals surface area contributed by atoms with Gasteiger partial charge in [-0.3, -0.25) is 14.9 Å². The number of benzene rings is 1. The molecule has 6 nitrogen and oxygen atoms in total. The SMILES string of the molecule is Cc1ccc(NC(=O)C2CC(=O)NC(N3CCCCC3)=N2)cc1. The molecule has 0 bridgehead atoms. The molecule has 0 radical (unpaired) electrons. The molecule has 2 aliphatic rings. The summed E-state index contributed by atoms with van der Waals surface area (Å²) in [4.78, 5) is 30.9. The molecule has 1 saturated heterocycles. The Morgan fingerprint density at radius 1 is 1.22 bits per heavy atom. The van der Waals surface area contributed by atoms with Crippen molar-refractivity contribution < 1.29 is 9.59 Å². The van der Waals surface area contributed by atoms with Gasteiger partial charge in [-0.25, -0.2) is 4.99 Å². The highest BCUT2D eigenvalue weighted by atomic mass is 16.2. The number of amides is 2. The van der Waals surface area contributed by atoms with E-state index in [1.165, 1.54) is 6.42 Å². The number of aliphatic imine (C=N–C) groups is 1. The van der Waals surface area contributed by atoms with E-state index in [1.54, 1.807) is 0 Å². The predicted octanol–water partition coefficient (Wildman–Crippen LogP) is 1.66. The van der Waals surface area contributed by atoms with Gasteiger partial charge in [0.2, 0.25) is 17.8 Å². The number of hydrogen-bond donors (Lipinski definition) is 2. The van der Waals surface area contributed by atoms with Crippen LogP contribution < -0.4 is 10.6 Å². The molecule has 0 aliphatic carbocycles. The molecule has 1 fully saturated rings. The third-order valence-corrected chi connectivity index (χ3v) is 4.19. The van der Waals surface area contributed by atoms with Gasteiger partial charge in [-0.15, -0.1) is 0 Å². The number of likely N-dealkylation sites (tertiary alicyclic amines) is 1. The molecule has 0 saturated carbocycles. The topological polar surface area (TPSA) is 73.8 Å². The number of rotatable bonds is 2. The molecule has 122 valence electrons. The van der Waals surface area contributed by atoms with Gasteiger partial charge >= 0.3 is 0 Å². The van der Waals surface area contributed by atoms with Crippen molar-refractivity contribution in [3.05, 3.63) is 29.8 Å². The van der Waals surface area contributed by atoms with Crippen molar-refractivity contribution in [1.82, 2.24) is 10.2 Å². The molecule has 0 spiro atoms. The van der Waals surface area contributed by atoms with E-state index in [-0.39, 0.29) is 18.2 Å². The summed E-state index contributed by atoms with van der Waals surface area (Å²) < 4.78 is 0. The minimum Gasteiger partial charge on any atom is -0.343 e. The molecular weight excluding hydrogens is 292 g/mol. The first-order valence-corrected chi connectivity index (χ1v) is 8.12. The normalized spacial score (nSPS) is 21.4. The Kier molecular flexibility index (Phi) is 4.60. The number of aryl methyl sites for hydroxylation is 1. The van der Waals surface area contributed by atoms with Gasteiger partial charge in [-0.05, 0) is 38.3 Å². The number of piperidine rings is 1. The monoisotopic (exact) mass is 314 g/mol. The van der Waals surface area contributed by atoms with Crippen LogP contribution in [0.15, 0.2) is 29.3 Å². The highest BCUT2D eigenvalue weighted by Crippen LogP contribution is 2.15. The van der Waals surface area contributed by atoms with Gasteiger partial charge in [0.25, 0.3) is 0 Å². The molecule has 0 aromatic heterocycles. The first kappa shape index (κ1) is 15.5. The fraction of sp³-hybridized carbons (Fsp3) is 0.471. The average Bonchev–Trinajstić information content (AvgIpc) is 2.57. The Morgan fingerprint density at radius 3 is 2.61 bits per heavy atom. The standard InChI is InChI=1S/C17H22N4O2/c1-12-5-7-13(8-6-12)18-16(23)14-11-15(22)20-17(19-14)21-9-3-2-4-10-21/h5-8,14H,2-4,9-11H2,1H3,(H,18,23)(H,19,20,22). The van der Waals surface area contributed by atoms with Crippen molar-refractivity contribution >= 4 is 23.5 Å². The average molecular weight is 314 g/mol. The maximum Gasteiger partial charge on any atom is 0.249 e. The number of carbonyl (C=O) groups is 2. The van der Waals surface area contributed by atoms with Crippen molar-refractivity contribution in [2.75, 3.05) is 18.4 Å². The first-order valence-electron chi connectivity index (χ1n) is 8.12. The third kappa shape index (κ3) is 3.88. The van der Waals surface area contributed by atoms with Crippen molar-refractivity contribution in [1.29, 1.82) is 0 Å². The van der Waals surface area contributed by atoms with Crippen molar-refractivity contribution in [3.8, 4) is 0 Å². The maximum atomic E-state index is 12.4. The van der Waals surface area contributed by atoms with Gasteiger partial charge in [0.15, 0.2) is 0 Å². The fourth-order valence-corrected chi connectivity index (χ4v) is 2.86. The number of guanidine groups is 1. The number of hydrogen-bond acceptors (Lipinski definition) is 4. The zero-order chi connectivity index (χ0) is 16.2. The van der Waals surface area contributed by atoms with E-state index in [0.29, 0.717) is 5.96 Å². The Hall–Kier alpha value is -2.37. The lowest BCUT2D eigenvalue weighted by atomic mass is 10.1. The predicted molar refractivity (Wildman–Crippen MR) is 89.2 cm³/mol. The third-order valence-electron chi connectivity index (χ3n) is 4.19. The lowest BCUT2D eigenvalue weighted by Crippen LogP contribution is -2.51. The molecule has 2 heterocycles. The summed E-state index contributed by atoms with van der Waals surface area (Å²) in [6.45, 7) is 3.75. The van der Waals surface area contributed by atoms with E-state index < -0.39 is 6.04 Å². The molecule has 1 atom stereocenters. The number of anilines is 1. The zero-order valence-electron chi connectivity index (χ0n) is 13.3. The minimum atomic E-state index is -0.665. The van der Waals surface area contributed by atoms with Crippen molar-refractivity contribution in [2.24, 2.45) is 4.99 Å². The molecule has 2 aliphatic heterocycles. The van der Waals surface area contributed by atoms with Gasteiger partial charge < -0.3 is 10.2 Å². The Balaban J connectivity index is 1.70. The van der Waals surface area contributed by atoms with E-state index in [2.05, 4.69) is 20.5 Å². The maximum absolute atomic E-state index is 12.4. The lowest BCUT2D eigenvalue weighted by Gasteiger charge is -2.32. The molecule has 1 aromatic rings. The molecule has 2 amide bonds. The van der Waals surface area contributed by atoms with E-state index >= 15 is 0 Å². The van der Waals surface area contributed by atoms with Gasteiger partial charge in [0, 0.05) is 18.8 Å². The van der Waals surface area contributed by atoms with E-state index in [0.717, 1.165) is 37.2 Å². The number of nitrogens with zero attached hydrogens (tertiary/aromatic N) is 2. The molecular formula is C17H22N4O2. The number of nitrogens with one attached hydrogen (secondary N) is 2. The summed E-state index contributed by atoms with van der Waals surface area (Å²) in [6, 6.07) is 6.91. The molecule has 6 heteroatoms. The summed E-state index contributed by atoms with van der Waals surface area (Å²) in [5.41, 5.74) is 1.85. The lowest BCUT2D eigenvalue weighted by molar-refractivity contribution is -0.125. The van der Waals surface area contributed by atoms with Crippen molar-refractivity contribution in [2.45, 2.75) is 38.6 Å². The molecule has 1 unspecified atom stereocenters. The van der Waals surface area contributed by atoms with Crippen LogP contribution in [-0.2, 0) is 9.59 Å². The minimum absolute atomic E-state index is 0.0923. The summed E-state index contributed by atoms with van der Waals surface area (Å²) >= 11 is 0. The van der Waals surface area contributed by atoms with Gasteiger partial charge in [-0.1, -0.05) is 17.7 Å². The molecule has 3 rings (SSSR count). The highest BCUT2D eigenvalue weighted by Gasteiger charge is 2.29. The van der Waals surface area contributed by atoms with Crippen LogP contribution in [0.25, 0.3) is 0 Å². The van der Waals surface area contributed by atoms with Crippen molar-refractivity contribution in [3.63, 3.8) is 0 Å². The quantitative estimate of drug-likeness (QED) is 0.872. The first-order chi connectivity index (χ1) is 11.1. The van der Waals surface area contributed by atoms with Crippen LogP contribution in [0.4, 0.5) is 5.69 Å². The summed E-state index contributed by atoms with van der Waals surface area (Å²) in [5, 5.41) is 5.64. The summed E-state index contributed by atoms with van der Waals surface area (Å²) in [6.07, 6.45) is 3.48. The van der Waals surface area contributed by atoms with Crippen LogP contribution >= 0.6 is 0 Å². The van der Waals surface area contributed by atoms with E-state index in [4.69, 9.17) is 0 Å². The van der Waals surface area contributed by atoms with Crippen LogP contribution in [0.3, 0.4) is 0 Å². The van der Waals surface area contributed by atoms with Gasteiger partial charge in [0.05, 0.1) is 6.42 Å². The second-order valence-electron chi connectivity index (χ2n) is 6.12. The van der Waals surface area contributed by atoms with Crippen LogP contribution in [0.5, 0.6) is 0 Å². The highest BCUT2D eigenvalue weighted by molar-refractivity contribution is 6.05. The molecule has 2 N–H and O–H groups in total. The van der Waals surface area contributed by atoms with Crippen LogP contribution in [0.2, 0.25) is 0 Å². The second kappa shape index (κ2) is 6.81. The van der Waals surface area contributed by atoms with E-state index in [9.17, 15) is 9.59 Å². The van der Waals surface area contributed by atoms with Crippen LogP contribution in [-0.4, -0.2) is 41.8 Å².